The zero-order valence-corrected chi connectivity index (χ0v) is 11.8. The highest BCUT2D eigenvalue weighted by Gasteiger charge is 2.05. The number of hydrogen-bond acceptors (Lipinski definition) is 4. The minimum atomic E-state index is 0.411. The number of nitriles is 1. The molecule has 3 rings (SSSR count). The zero-order valence-electron chi connectivity index (χ0n) is 11.0. The van der Waals surface area contributed by atoms with Crippen LogP contribution in [0.3, 0.4) is 0 Å². The van der Waals surface area contributed by atoms with E-state index in [-0.39, 0.29) is 0 Å². The normalized spacial score (nSPS) is 10.3. The third-order valence-corrected chi connectivity index (χ3v) is 3.47. The van der Waals surface area contributed by atoms with Gasteiger partial charge >= 0.3 is 0 Å². The Hall–Kier alpha value is -2.64. The molecule has 0 spiro atoms. The predicted molar refractivity (Wildman–Crippen MR) is 83.0 cm³/mol. The van der Waals surface area contributed by atoms with Gasteiger partial charge in [-0.1, -0.05) is 11.6 Å². The van der Waals surface area contributed by atoms with Crippen molar-refractivity contribution in [2.75, 3.05) is 5.32 Å². The Morgan fingerprint density at radius 2 is 2.05 bits per heavy atom. The summed E-state index contributed by atoms with van der Waals surface area (Å²) in [6, 6.07) is 13.2. The van der Waals surface area contributed by atoms with Crippen LogP contribution in [0.15, 0.2) is 48.8 Å². The van der Waals surface area contributed by atoms with Crippen LogP contribution in [0.2, 0.25) is 5.02 Å². The van der Waals surface area contributed by atoms with E-state index in [1.807, 2.05) is 36.4 Å². The second-order valence-corrected chi connectivity index (χ2v) is 4.92. The van der Waals surface area contributed by atoms with Gasteiger partial charge in [0, 0.05) is 24.3 Å². The van der Waals surface area contributed by atoms with Crippen LogP contribution in [-0.4, -0.2) is 9.97 Å². The van der Waals surface area contributed by atoms with Gasteiger partial charge in [-0.15, -0.1) is 0 Å². The molecule has 2 heterocycles. The molecule has 0 saturated heterocycles. The van der Waals surface area contributed by atoms with Gasteiger partial charge in [-0.3, -0.25) is 4.98 Å². The first-order valence-electron chi connectivity index (χ1n) is 6.40. The molecule has 1 aromatic carbocycles. The standard InChI is InChI=1S/C16H11ClN4/c17-14-3-4-15(16-13(14)2-1-6-20-16)21-10-11-5-7-19-12(8-11)9-18/h1-8,21H,10H2. The molecular weight excluding hydrogens is 284 g/mol. The lowest BCUT2D eigenvalue weighted by Crippen LogP contribution is -2.01. The van der Waals surface area contributed by atoms with Crippen molar-refractivity contribution in [2.24, 2.45) is 0 Å². The summed E-state index contributed by atoms with van der Waals surface area (Å²) in [4.78, 5) is 8.33. The molecule has 102 valence electrons. The first-order valence-corrected chi connectivity index (χ1v) is 6.78. The van der Waals surface area contributed by atoms with Gasteiger partial charge in [0.1, 0.15) is 11.8 Å². The van der Waals surface area contributed by atoms with Crippen LogP contribution in [0.1, 0.15) is 11.3 Å². The SMILES string of the molecule is N#Cc1cc(CNc2ccc(Cl)c3cccnc23)ccn1. The molecular formula is C16H11ClN4. The van der Waals surface area contributed by atoms with Crippen molar-refractivity contribution in [1.82, 2.24) is 9.97 Å². The van der Waals surface area contributed by atoms with Gasteiger partial charge in [0.25, 0.3) is 0 Å². The quantitative estimate of drug-likeness (QED) is 0.799. The Kier molecular flexibility index (Phi) is 3.67. The molecule has 0 amide bonds. The fourth-order valence-electron chi connectivity index (χ4n) is 2.12. The second kappa shape index (κ2) is 5.78. The van der Waals surface area contributed by atoms with E-state index in [1.54, 1.807) is 18.5 Å². The first-order chi connectivity index (χ1) is 10.3. The van der Waals surface area contributed by atoms with Crippen LogP contribution >= 0.6 is 11.6 Å². The Morgan fingerprint density at radius 3 is 2.90 bits per heavy atom. The number of aromatic nitrogens is 2. The number of benzene rings is 1. The van der Waals surface area contributed by atoms with Gasteiger partial charge in [0.15, 0.2) is 0 Å². The summed E-state index contributed by atoms with van der Waals surface area (Å²) in [5, 5.41) is 13.8. The molecule has 3 aromatic rings. The van der Waals surface area contributed by atoms with Gasteiger partial charge in [-0.2, -0.15) is 5.26 Å². The topological polar surface area (TPSA) is 61.6 Å². The molecule has 0 atom stereocenters. The number of nitrogens with one attached hydrogen (secondary N) is 1. The fourth-order valence-corrected chi connectivity index (χ4v) is 2.34. The van der Waals surface area contributed by atoms with E-state index in [1.165, 1.54) is 0 Å². The molecule has 4 nitrogen and oxygen atoms in total. The van der Waals surface area contributed by atoms with Crippen molar-refractivity contribution < 1.29 is 0 Å². The number of anilines is 1. The molecule has 0 saturated carbocycles. The minimum Gasteiger partial charge on any atom is -0.379 e. The highest BCUT2D eigenvalue weighted by Crippen LogP contribution is 2.28. The maximum absolute atomic E-state index is 8.86. The summed E-state index contributed by atoms with van der Waals surface area (Å²) in [5.41, 5.74) is 3.14. The second-order valence-electron chi connectivity index (χ2n) is 4.51. The lowest BCUT2D eigenvalue weighted by atomic mass is 10.1. The van der Waals surface area contributed by atoms with Gasteiger partial charge < -0.3 is 5.32 Å². The van der Waals surface area contributed by atoms with Crippen molar-refractivity contribution in [3.63, 3.8) is 0 Å². The number of nitrogens with zero attached hydrogens (tertiary/aromatic N) is 3. The van der Waals surface area contributed by atoms with E-state index < -0.39 is 0 Å². The Labute approximate surface area is 127 Å². The number of halogens is 1. The predicted octanol–water partition coefficient (Wildman–Crippen LogP) is 3.77. The van der Waals surface area contributed by atoms with Crippen LogP contribution in [-0.2, 0) is 6.54 Å². The molecule has 0 unspecified atom stereocenters. The van der Waals surface area contributed by atoms with Crippen LogP contribution in [0, 0.1) is 11.3 Å². The van der Waals surface area contributed by atoms with Crippen molar-refractivity contribution >= 4 is 28.2 Å². The molecule has 1 N–H and O–H groups in total. The average Bonchev–Trinajstić information content (AvgIpc) is 2.55. The lowest BCUT2D eigenvalue weighted by molar-refractivity contribution is 1.12. The smallest absolute Gasteiger partial charge is 0.140 e. The summed E-state index contributed by atoms with van der Waals surface area (Å²) in [7, 11) is 0. The summed E-state index contributed by atoms with van der Waals surface area (Å²) in [6.07, 6.45) is 3.37. The van der Waals surface area contributed by atoms with E-state index in [0.29, 0.717) is 17.3 Å². The van der Waals surface area contributed by atoms with E-state index in [2.05, 4.69) is 15.3 Å². The molecule has 5 heteroatoms. The molecule has 0 aliphatic heterocycles. The Balaban J connectivity index is 1.89. The van der Waals surface area contributed by atoms with E-state index in [4.69, 9.17) is 16.9 Å². The molecule has 2 aromatic heterocycles. The van der Waals surface area contributed by atoms with Crippen molar-refractivity contribution in [3.05, 3.63) is 65.1 Å². The zero-order chi connectivity index (χ0) is 14.7. The van der Waals surface area contributed by atoms with E-state index in [0.717, 1.165) is 22.2 Å². The van der Waals surface area contributed by atoms with Crippen LogP contribution in [0.25, 0.3) is 10.9 Å². The van der Waals surface area contributed by atoms with Gasteiger partial charge in [-0.05, 0) is 42.0 Å². The molecule has 0 radical (unpaired) electrons. The monoisotopic (exact) mass is 294 g/mol. The summed E-state index contributed by atoms with van der Waals surface area (Å²) >= 11 is 6.17. The highest BCUT2D eigenvalue weighted by atomic mass is 35.5. The summed E-state index contributed by atoms with van der Waals surface area (Å²) in [5.74, 6) is 0. The first kappa shape index (κ1) is 13.3. The summed E-state index contributed by atoms with van der Waals surface area (Å²) < 4.78 is 0. The van der Waals surface area contributed by atoms with Gasteiger partial charge in [-0.25, -0.2) is 4.98 Å². The van der Waals surface area contributed by atoms with Gasteiger partial charge in [0.2, 0.25) is 0 Å². The number of pyridine rings is 2. The third-order valence-electron chi connectivity index (χ3n) is 3.14. The molecule has 0 aliphatic rings. The molecule has 0 fully saturated rings. The minimum absolute atomic E-state index is 0.411. The third kappa shape index (κ3) is 2.78. The van der Waals surface area contributed by atoms with Crippen molar-refractivity contribution in [1.29, 1.82) is 5.26 Å². The van der Waals surface area contributed by atoms with Gasteiger partial charge in [0.05, 0.1) is 16.2 Å². The van der Waals surface area contributed by atoms with Crippen molar-refractivity contribution in [3.8, 4) is 6.07 Å². The Bertz CT molecular complexity index is 839. The van der Waals surface area contributed by atoms with E-state index in [9.17, 15) is 0 Å². The maximum Gasteiger partial charge on any atom is 0.140 e. The Morgan fingerprint density at radius 1 is 1.14 bits per heavy atom. The largest absolute Gasteiger partial charge is 0.379 e. The van der Waals surface area contributed by atoms with Crippen LogP contribution in [0.5, 0.6) is 0 Å². The van der Waals surface area contributed by atoms with Crippen molar-refractivity contribution in [2.45, 2.75) is 6.54 Å². The van der Waals surface area contributed by atoms with Crippen LogP contribution < -0.4 is 5.32 Å². The highest BCUT2D eigenvalue weighted by molar-refractivity contribution is 6.35. The maximum atomic E-state index is 8.86. The fraction of sp³-hybridized carbons (Fsp3) is 0.0625. The lowest BCUT2D eigenvalue weighted by Gasteiger charge is -2.10. The summed E-state index contributed by atoms with van der Waals surface area (Å²) in [6.45, 7) is 0.588. The number of rotatable bonds is 3. The molecule has 21 heavy (non-hydrogen) atoms. The van der Waals surface area contributed by atoms with Crippen LogP contribution in [0.4, 0.5) is 5.69 Å². The number of fused-ring (bicyclic) bond motifs is 1. The average molecular weight is 295 g/mol. The number of hydrogen-bond donors (Lipinski definition) is 1. The van der Waals surface area contributed by atoms with E-state index >= 15 is 0 Å². The molecule has 0 aliphatic carbocycles. The molecule has 0 bridgehead atoms.